The van der Waals surface area contributed by atoms with E-state index in [0.717, 1.165) is 28.4 Å². The van der Waals surface area contributed by atoms with Crippen LogP contribution >= 0.6 is 23.6 Å². The van der Waals surface area contributed by atoms with Crippen LogP contribution in [0.25, 0.3) is 5.69 Å². The van der Waals surface area contributed by atoms with Crippen LogP contribution in [0.5, 0.6) is 5.75 Å². The van der Waals surface area contributed by atoms with Crippen LogP contribution in [-0.4, -0.2) is 39.2 Å². The largest absolute Gasteiger partial charge is 0.426 e. The van der Waals surface area contributed by atoms with Gasteiger partial charge in [-0.1, -0.05) is 23.7 Å². The number of carbonyl (C=O) groups excluding carboxylic acids is 1. The topological polar surface area (TPSA) is 81.4 Å². The molecule has 1 aliphatic rings. The molecule has 0 saturated carbocycles. The number of halogens is 1. The van der Waals surface area contributed by atoms with Gasteiger partial charge in [-0.05, 0) is 44.2 Å². The minimum atomic E-state index is -0.490. The number of hydrogen-bond acceptors (Lipinski definition) is 6. The second-order valence-electron chi connectivity index (χ2n) is 7.03. The summed E-state index contributed by atoms with van der Waals surface area (Å²) in [5, 5.41) is 12.1. The van der Waals surface area contributed by atoms with Crippen molar-refractivity contribution in [3.8, 4) is 11.4 Å². The maximum atomic E-state index is 12.5. The number of aryl methyl sites for hydroxylation is 1. The average Bonchev–Trinajstić information content (AvgIpc) is 3.07. The van der Waals surface area contributed by atoms with Crippen molar-refractivity contribution in [1.82, 2.24) is 20.1 Å². The molecule has 0 fully saturated rings. The Balaban J connectivity index is 1.94. The standard InChI is InChI=1S/C22H22ClN5O2S/c1-4-24-20(29)12-18-22-27-26-13(2)28(22)19-10-9-16(30-31-3)11-17(19)21(25-18)14-5-7-15(23)8-6-14/h5-11,18H,4,12H2,1-3H3,(H,24,29)/t18-/m0/s1. The molecule has 1 aliphatic heterocycles. The molecule has 1 aromatic heterocycles. The van der Waals surface area contributed by atoms with Crippen LogP contribution in [0.2, 0.25) is 5.02 Å². The third-order valence-corrected chi connectivity index (χ3v) is 5.56. The lowest BCUT2D eigenvalue weighted by molar-refractivity contribution is -0.121. The van der Waals surface area contributed by atoms with Gasteiger partial charge < -0.3 is 9.50 Å². The summed E-state index contributed by atoms with van der Waals surface area (Å²) in [7, 11) is 0. The SMILES string of the molecule is CCNC(=O)C[C@@H]1N=C(c2ccc(Cl)cc2)c2cc(OSC)ccc2-n2c(C)nnc21. The molecule has 2 aromatic carbocycles. The molecule has 0 spiro atoms. The first-order valence-corrected chi connectivity index (χ1v) is 11.4. The molecule has 2 heterocycles. The summed E-state index contributed by atoms with van der Waals surface area (Å²) in [5.41, 5.74) is 3.40. The Morgan fingerprint density at radius 3 is 2.71 bits per heavy atom. The van der Waals surface area contributed by atoms with Gasteiger partial charge in [-0.25, -0.2) is 0 Å². The lowest BCUT2D eigenvalue weighted by Gasteiger charge is -2.14. The van der Waals surface area contributed by atoms with Gasteiger partial charge in [0.1, 0.15) is 17.6 Å². The van der Waals surface area contributed by atoms with Gasteiger partial charge >= 0.3 is 0 Å². The van der Waals surface area contributed by atoms with Crippen molar-refractivity contribution in [2.45, 2.75) is 26.3 Å². The quantitative estimate of drug-likeness (QED) is 0.560. The van der Waals surface area contributed by atoms with E-state index in [-0.39, 0.29) is 12.3 Å². The van der Waals surface area contributed by atoms with E-state index in [2.05, 4.69) is 15.5 Å². The van der Waals surface area contributed by atoms with Crippen molar-refractivity contribution in [2.75, 3.05) is 12.8 Å². The van der Waals surface area contributed by atoms with Gasteiger partial charge in [-0.15, -0.1) is 10.2 Å². The predicted octanol–water partition coefficient (Wildman–Crippen LogP) is 4.30. The molecule has 4 rings (SSSR count). The fourth-order valence-electron chi connectivity index (χ4n) is 3.64. The van der Waals surface area contributed by atoms with Crippen molar-refractivity contribution in [3.63, 3.8) is 0 Å². The Morgan fingerprint density at radius 2 is 2.00 bits per heavy atom. The molecule has 0 aliphatic carbocycles. The number of benzene rings is 2. The Hall–Kier alpha value is -2.84. The van der Waals surface area contributed by atoms with Gasteiger partial charge in [0.2, 0.25) is 5.91 Å². The van der Waals surface area contributed by atoms with Crippen LogP contribution in [-0.2, 0) is 4.79 Å². The van der Waals surface area contributed by atoms with E-state index in [0.29, 0.717) is 23.1 Å². The maximum Gasteiger partial charge on any atom is 0.222 e. The number of nitrogens with zero attached hydrogens (tertiary/aromatic N) is 4. The second kappa shape index (κ2) is 9.11. The summed E-state index contributed by atoms with van der Waals surface area (Å²) >= 11 is 7.39. The highest BCUT2D eigenvalue weighted by molar-refractivity contribution is 7.94. The molecule has 0 radical (unpaired) electrons. The van der Waals surface area contributed by atoms with Gasteiger partial charge in [-0.3, -0.25) is 14.4 Å². The summed E-state index contributed by atoms with van der Waals surface area (Å²) in [6.07, 6.45) is 2.04. The van der Waals surface area contributed by atoms with Crippen LogP contribution < -0.4 is 9.50 Å². The third kappa shape index (κ3) is 4.31. The number of fused-ring (bicyclic) bond motifs is 3. The van der Waals surface area contributed by atoms with Gasteiger partial charge in [0.25, 0.3) is 0 Å². The predicted molar refractivity (Wildman–Crippen MR) is 123 cm³/mol. The molecular formula is C22H22ClN5O2S. The van der Waals surface area contributed by atoms with Gasteiger partial charge in [0, 0.05) is 29.0 Å². The number of nitrogens with one attached hydrogen (secondary N) is 1. The van der Waals surface area contributed by atoms with Crippen molar-refractivity contribution in [1.29, 1.82) is 0 Å². The summed E-state index contributed by atoms with van der Waals surface area (Å²) in [5.74, 6) is 1.98. The fourth-order valence-corrected chi connectivity index (χ4v) is 4.06. The molecule has 7 nitrogen and oxygen atoms in total. The van der Waals surface area contributed by atoms with E-state index in [1.807, 2.05) is 67.1 Å². The molecule has 0 unspecified atom stereocenters. The molecule has 0 saturated heterocycles. The lowest BCUT2D eigenvalue weighted by atomic mass is 10.00. The molecule has 9 heteroatoms. The Morgan fingerprint density at radius 1 is 1.23 bits per heavy atom. The molecule has 160 valence electrons. The normalized spacial score (nSPS) is 14.8. The Labute approximate surface area is 190 Å². The molecule has 31 heavy (non-hydrogen) atoms. The zero-order valence-corrected chi connectivity index (χ0v) is 19.0. The number of rotatable bonds is 6. The fraction of sp³-hybridized carbons (Fsp3) is 0.273. The van der Waals surface area contributed by atoms with Gasteiger partial charge in [-0.2, -0.15) is 0 Å². The van der Waals surface area contributed by atoms with Crippen LogP contribution in [0, 0.1) is 6.92 Å². The molecule has 1 atom stereocenters. The van der Waals surface area contributed by atoms with Gasteiger partial charge in [0.05, 0.1) is 29.9 Å². The minimum Gasteiger partial charge on any atom is -0.426 e. The van der Waals surface area contributed by atoms with Crippen molar-refractivity contribution in [2.24, 2.45) is 4.99 Å². The smallest absolute Gasteiger partial charge is 0.222 e. The van der Waals surface area contributed by atoms with E-state index >= 15 is 0 Å². The van der Waals surface area contributed by atoms with Crippen molar-refractivity contribution < 1.29 is 8.98 Å². The first-order chi connectivity index (χ1) is 15.0. The molecule has 0 bridgehead atoms. The van der Waals surface area contributed by atoms with Crippen LogP contribution in [0.3, 0.4) is 0 Å². The minimum absolute atomic E-state index is 0.0868. The third-order valence-electron chi connectivity index (χ3n) is 4.95. The van der Waals surface area contributed by atoms with Crippen molar-refractivity contribution >= 4 is 35.3 Å². The first kappa shape index (κ1) is 21.4. The van der Waals surface area contributed by atoms with E-state index < -0.39 is 6.04 Å². The number of amides is 1. The number of hydrogen-bond donors (Lipinski definition) is 1. The highest BCUT2D eigenvalue weighted by atomic mass is 35.5. The van der Waals surface area contributed by atoms with E-state index in [1.54, 1.807) is 0 Å². The molecular weight excluding hydrogens is 434 g/mol. The number of aromatic nitrogens is 3. The zero-order chi connectivity index (χ0) is 22.0. The summed E-state index contributed by atoms with van der Waals surface area (Å²) in [4.78, 5) is 17.5. The highest BCUT2D eigenvalue weighted by Gasteiger charge is 2.30. The van der Waals surface area contributed by atoms with E-state index in [1.165, 1.54) is 12.0 Å². The summed E-state index contributed by atoms with van der Waals surface area (Å²) < 4.78 is 7.64. The van der Waals surface area contributed by atoms with E-state index in [4.69, 9.17) is 20.8 Å². The van der Waals surface area contributed by atoms with Crippen LogP contribution in [0.4, 0.5) is 0 Å². The van der Waals surface area contributed by atoms with Crippen LogP contribution in [0.15, 0.2) is 47.5 Å². The van der Waals surface area contributed by atoms with Crippen LogP contribution in [0.1, 0.15) is 42.2 Å². The average molecular weight is 456 g/mol. The highest BCUT2D eigenvalue weighted by Crippen LogP contribution is 2.34. The first-order valence-electron chi connectivity index (χ1n) is 9.89. The van der Waals surface area contributed by atoms with Crippen molar-refractivity contribution in [3.05, 3.63) is 70.3 Å². The summed E-state index contributed by atoms with van der Waals surface area (Å²) in [6, 6.07) is 12.9. The lowest BCUT2D eigenvalue weighted by Crippen LogP contribution is -2.25. The molecule has 3 aromatic rings. The molecule has 1 amide bonds. The number of aliphatic imine (C=N–C) groups is 1. The number of carbonyl (C=O) groups is 1. The monoisotopic (exact) mass is 455 g/mol. The zero-order valence-electron chi connectivity index (χ0n) is 17.4. The molecule has 1 N–H and O–H groups in total. The Kier molecular flexibility index (Phi) is 6.29. The maximum absolute atomic E-state index is 12.5. The Bertz CT molecular complexity index is 1140. The summed E-state index contributed by atoms with van der Waals surface area (Å²) in [6.45, 7) is 4.34. The van der Waals surface area contributed by atoms with Gasteiger partial charge in [0.15, 0.2) is 5.82 Å². The van der Waals surface area contributed by atoms with E-state index in [9.17, 15) is 4.79 Å². The second-order valence-corrected chi connectivity index (χ2v) is 7.96.